The molecule has 1 aliphatic rings. The van der Waals surface area contributed by atoms with E-state index >= 15 is 0 Å². The number of piperidine rings is 1. The van der Waals surface area contributed by atoms with E-state index < -0.39 is 6.10 Å². The Morgan fingerprint density at radius 2 is 2.04 bits per heavy atom. The van der Waals surface area contributed by atoms with Crippen LogP contribution in [-0.4, -0.2) is 41.7 Å². The normalized spacial score (nSPS) is 16.4. The van der Waals surface area contributed by atoms with Gasteiger partial charge in [-0.05, 0) is 68.7 Å². The van der Waals surface area contributed by atoms with Crippen molar-refractivity contribution in [1.82, 2.24) is 4.90 Å². The molecule has 2 heterocycles. The van der Waals surface area contributed by atoms with Crippen molar-refractivity contribution in [3.05, 3.63) is 39.7 Å². The van der Waals surface area contributed by atoms with E-state index in [-0.39, 0.29) is 18.1 Å². The molecule has 1 saturated heterocycles. The lowest BCUT2D eigenvalue weighted by Gasteiger charge is -2.33. The Kier molecular flexibility index (Phi) is 6.39. The molecule has 0 spiro atoms. The van der Waals surface area contributed by atoms with Gasteiger partial charge in [0.05, 0.1) is 5.39 Å². The van der Waals surface area contributed by atoms with Gasteiger partial charge >= 0.3 is 5.63 Å². The first-order valence-corrected chi connectivity index (χ1v) is 10.1. The number of hydrogen-bond donors (Lipinski definition) is 1. The Hall–Kier alpha value is -2.34. The summed E-state index contributed by atoms with van der Waals surface area (Å²) in [4.78, 5) is 26.5. The van der Waals surface area contributed by atoms with Gasteiger partial charge in [0.2, 0.25) is 0 Å². The lowest BCUT2D eigenvalue weighted by molar-refractivity contribution is -0.139. The second kappa shape index (κ2) is 8.78. The maximum Gasteiger partial charge on any atom is 0.336 e. The molecule has 1 aliphatic heterocycles. The largest absolute Gasteiger partial charge is 0.480 e. The van der Waals surface area contributed by atoms with Crippen LogP contribution in [0.3, 0.4) is 0 Å². The number of hydrogen-bond acceptors (Lipinski definition) is 5. The van der Waals surface area contributed by atoms with Gasteiger partial charge in [0.25, 0.3) is 5.91 Å². The van der Waals surface area contributed by atoms with Crippen LogP contribution in [0.1, 0.15) is 44.2 Å². The fourth-order valence-electron chi connectivity index (χ4n) is 3.96. The highest BCUT2D eigenvalue weighted by atomic mass is 16.5. The van der Waals surface area contributed by atoms with E-state index in [0.29, 0.717) is 36.8 Å². The standard InChI is InChI=1S/C22H29NO5/c1-4-17-13-20(25)28-19-12-14(2)11-18(21(17)19)27-15(3)22(26)23-8-5-16(6-9-23)7-10-24/h11-13,15-16,24H,4-10H2,1-3H3. The highest BCUT2D eigenvalue weighted by Crippen LogP contribution is 2.31. The number of aryl methyl sites for hydroxylation is 2. The summed E-state index contributed by atoms with van der Waals surface area (Å²) in [5, 5.41) is 9.85. The quantitative estimate of drug-likeness (QED) is 0.771. The number of aliphatic hydroxyl groups is 1. The number of benzene rings is 1. The predicted octanol–water partition coefficient (Wildman–Crippen LogP) is 3.05. The average Bonchev–Trinajstić information content (AvgIpc) is 2.67. The Labute approximate surface area is 165 Å². The number of carbonyl (C=O) groups is 1. The zero-order valence-corrected chi connectivity index (χ0v) is 16.9. The molecule has 6 nitrogen and oxygen atoms in total. The highest BCUT2D eigenvalue weighted by molar-refractivity contribution is 5.88. The minimum atomic E-state index is -0.629. The molecule has 1 aromatic carbocycles. The third-order valence-corrected chi connectivity index (χ3v) is 5.53. The number of likely N-dealkylation sites (tertiary alicyclic amines) is 1. The second-order valence-corrected chi connectivity index (χ2v) is 7.62. The van der Waals surface area contributed by atoms with Gasteiger partial charge in [-0.25, -0.2) is 4.79 Å². The van der Waals surface area contributed by atoms with Crippen molar-refractivity contribution in [1.29, 1.82) is 0 Å². The SMILES string of the molecule is CCc1cc(=O)oc2cc(C)cc(OC(C)C(=O)N3CCC(CCO)CC3)c12. The molecule has 0 radical (unpaired) electrons. The number of fused-ring (bicyclic) bond motifs is 1. The number of carbonyl (C=O) groups excluding carboxylic acids is 1. The first-order valence-electron chi connectivity index (χ1n) is 10.1. The summed E-state index contributed by atoms with van der Waals surface area (Å²) < 4.78 is 11.5. The van der Waals surface area contributed by atoms with Gasteiger partial charge in [-0.2, -0.15) is 0 Å². The van der Waals surface area contributed by atoms with Crippen LogP contribution in [0.5, 0.6) is 5.75 Å². The first-order chi connectivity index (χ1) is 13.4. The van der Waals surface area contributed by atoms with E-state index in [1.54, 1.807) is 6.92 Å². The minimum absolute atomic E-state index is 0.0347. The smallest absolute Gasteiger partial charge is 0.336 e. The zero-order chi connectivity index (χ0) is 20.3. The summed E-state index contributed by atoms with van der Waals surface area (Å²) in [7, 11) is 0. The Morgan fingerprint density at radius 1 is 1.32 bits per heavy atom. The van der Waals surface area contributed by atoms with Crippen LogP contribution in [0.25, 0.3) is 11.0 Å². The molecule has 152 valence electrons. The molecule has 6 heteroatoms. The molecular weight excluding hydrogens is 358 g/mol. The number of nitrogens with zero attached hydrogens (tertiary/aromatic N) is 1. The maximum atomic E-state index is 12.9. The van der Waals surface area contributed by atoms with Crippen LogP contribution in [0.15, 0.2) is 27.4 Å². The van der Waals surface area contributed by atoms with Crippen LogP contribution >= 0.6 is 0 Å². The summed E-state index contributed by atoms with van der Waals surface area (Å²) >= 11 is 0. The topological polar surface area (TPSA) is 80.0 Å². The van der Waals surface area contributed by atoms with Crippen molar-refractivity contribution >= 4 is 16.9 Å². The number of ether oxygens (including phenoxy) is 1. The summed E-state index contributed by atoms with van der Waals surface area (Å²) in [6.07, 6.45) is 2.67. The molecule has 0 saturated carbocycles. The lowest BCUT2D eigenvalue weighted by atomic mass is 9.94. The molecular formula is C22H29NO5. The lowest BCUT2D eigenvalue weighted by Crippen LogP contribution is -2.44. The monoisotopic (exact) mass is 387 g/mol. The van der Waals surface area contributed by atoms with Gasteiger partial charge in [-0.1, -0.05) is 6.92 Å². The van der Waals surface area contributed by atoms with E-state index in [0.717, 1.165) is 35.8 Å². The van der Waals surface area contributed by atoms with Crippen molar-refractivity contribution in [2.45, 2.75) is 52.6 Å². The minimum Gasteiger partial charge on any atom is -0.480 e. The van der Waals surface area contributed by atoms with E-state index in [9.17, 15) is 9.59 Å². The molecule has 1 amide bonds. The second-order valence-electron chi connectivity index (χ2n) is 7.62. The first kappa shape index (κ1) is 20.4. The Balaban J connectivity index is 1.80. The zero-order valence-electron chi connectivity index (χ0n) is 16.9. The van der Waals surface area contributed by atoms with Crippen molar-refractivity contribution in [3.8, 4) is 5.75 Å². The highest BCUT2D eigenvalue weighted by Gasteiger charge is 2.27. The number of rotatable bonds is 6. The fourth-order valence-corrected chi connectivity index (χ4v) is 3.96. The van der Waals surface area contributed by atoms with Gasteiger partial charge in [-0.15, -0.1) is 0 Å². The van der Waals surface area contributed by atoms with Gasteiger partial charge in [-0.3, -0.25) is 4.79 Å². The van der Waals surface area contributed by atoms with Crippen LogP contribution < -0.4 is 10.4 Å². The van der Waals surface area contributed by atoms with Crippen molar-refractivity contribution in [2.75, 3.05) is 19.7 Å². The van der Waals surface area contributed by atoms with E-state index in [1.165, 1.54) is 6.07 Å². The van der Waals surface area contributed by atoms with E-state index in [4.69, 9.17) is 14.3 Å². The van der Waals surface area contributed by atoms with Gasteiger partial charge in [0, 0.05) is 25.8 Å². The van der Waals surface area contributed by atoms with Crippen LogP contribution in [-0.2, 0) is 11.2 Å². The summed E-state index contributed by atoms with van der Waals surface area (Å²) in [6, 6.07) is 5.20. The molecule has 1 aromatic heterocycles. The van der Waals surface area contributed by atoms with Gasteiger partial charge in [0.15, 0.2) is 6.10 Å². The van der Waals surface area contributed by atoms with Crippen molar-refractivity contribution < 1.29 is 19.1 Å². The maximum absolute atomic E-state index is 12.9. The molecule has 1 fully saturated rings. The van der Waals surface area contributed by atoms with Crippen LogP contribution in [0, 0.1) is 12.8 Å². The molecule has 0 aliphatic carbocycles. The van der Waals surface area contributed by atoms with Crippen LogP contribution in [0.4, 0.5) is 0 Å². The molecule has 1 atom stereocenters. The molecule has 1 N–H and O–H groups in total. The summed E-state index contributed by atoms with van der Waals surface area (Å²) in [5.41, 5.74) is 1.87. The third-order valence-electron chi connectivity index (χ3n) is 5.53. The number of aliphatic hydroxyl groups excluding tert-OH is 1. The van der Waals surface area contributed by atoms with Crippen LogP contribution in [0.2, 0.25) is 0 Å². The molecule has 2 aromatic rings. The molecule has 1 unspecified atom stereocenters. The Bertz CT molecular complexity index is 896. The molecule has 28 heavy (non-hydrogen) atoms. The Morgan fingerprint density at radius 3 is 2.68 bits per heavy atom. The predicted molar refractivity (Wildman–Crippen MR) is 108 cm³/mol. The molecule has 0 bridgehead atoms. The third kappa shape index (κ3) is 4.38. The van der Waals surface area contributed by atoms with Crippen molar-refractivity contribution in [2.24, 2.45) is 5.92 Å². The van der Waals surface area contributed by atoms with E-state index in [2.05, 4.69) is 0 Å². The summed E-state index contributed by atoms with van der Waals surface area (Å²) in [6.45, 7) is 7.24. The number of amides is 1. The average molecular weight is 387 g/mol. The van der Waals surface area contributed by atoms with E-state index in [1.807, 2.05) is 30.9 Å². The molecule has 3 rings (SSSR count). The fraction of sp³-hybridized carbons (Fsp3) is 0.545. The summed E-state index contributed by atoms with van der Waals surface area (Å²) in [5.74, 6) is 1.03. The van der Waals surface area contributed by atoms with Crippen molar-refractivity contribution in [3.63, 3.8) is 0 Å². The van der Waals surface area contributed by atoms with Gasteiger partial charge < -0.3 is 19.2 Å². The van der Waals surface area contributed by atoms with Gasteiger partial charge in [0.1, 0.15) is 11.3 Å².